The Balaban J connectivity index is 2.34. The van der Waals surface area contributed by atoms with Gasteiger partial charge in [0, 0.05) is 19.3 Å². The second-order valence-electron chi connectivity index (χ2n) is 7.96. The van der Waals surface area contributed by atoms with Crippen molar-refractivity contribution in [3.8, 4) is 0 Å². The first-order valence-corrected chi connectivity index (χ1v) is 8.74. The van der Waals surface area contributed by atoms with Gasteiger partial charge in [0.2, 0.25) is 0 Å². The highest BCUT2D eigenvalue weighted by molar-refractivity contribution is 5.67. The number of esters is 2. The fraction of sp³-hybridized carbons (Fsp3) is 0.789. The first-order valence-electron chi connectivity index (χ1n) is 8.74. The molecule has 5 heteroatoms. The summed E-state index contributed by atoms with van der Waals surface area (Å²) in [6.45, 7) is 11.0. The minimum atomic E-state index is -0.524. The van der Waals surface area contributed by atoms with Crippen LogP contribution < -0.4 is 0 Å². The van der Waals surface area contributed by atoms with Crippen molar-refractivity contribution < 1.29 is 23.8 Å². The number of allylic oxidation sites excluding steroid dienone is 1. The van der Waals surface area contributed by atoms with Gasteiger partial charge in [0.25, 0.3) is 0 Å². The highest BCUT2D eigenvalue weighted by Gasteiger charge is 2.52. The molecular weight excluding hydrogens is 308 g/mol. The van der Waals surface area contributed by atoms with Crippen LogP contribution in [0.25, 0.3) is 0 Å². The van der Waals surface area contributed by atoms with E-state index in [1.165, 1.54) is 13.8 Å². The first-order chi connectivity index (χ1) is 11.0. The van der Waals surface area contributed by atoms with E-state index in [1.807, 2.05) is 26.8 Å². The van der Waals surface area contributed by atoms with E-state index in [9.17, 15) is 9.59 Å². The Labute approximate surface area is 144 Å². The molecule has 0 bridgehead atoms. The fourth-order valence-electron chi connectivity index (χ4n) is 3.54. The van der Waals surface area contributed by atoms with Crippen molar-refractivity contribution >= 4 is 11.9 Å². The molecule has 2 aliphatic rings. The van der Waals surface area contributed by atoms with Crippen molar-refractivity contribution in [1.29, 1.82) is 0 Å². The van der Waals surface area contributed by atoms with Gasteiger partial charge in [-0.1, -0.05) is 19.4 Å². The largest absolute Gasteiger partial charge is 0.462 e. The second kappa shape index (κ2) is 6.87. The molecule has 5 nitrogen and oxygen atoms in total. The molecule has 2 rings (SSSR count). The number of carbonyl (C=O) groups is 2. The standard InChI is InChI=1S/C19H30O5/c1-12-7-8-16-19(6,24-16)10-9-15(22-13(2)20)18(4,5)17(11-12)23-14(3)21/h11,15-17H,7-10H2,1-6H3/b12-11-/t15-,16+,17-,19-/m0/s1. The van der Waals surface area contributed by atoms with E-state index in [4.69, 9.17) is 14.2 Å². The Hall–Kier alpha value is -1.36. The molecule has 0 spiro atoms. The molecule has 0 unspecified atom stereocenters. The number of carbonyl (C=O) groups excluding carboxylic acids is 2. The third-order valence-corrected chi connectivity index (χ3v) is 5.34. The highest BCUT2D eigenvalue weighted by Crippen LogP contribution is 2.46. The summed E-state index contributed by atoms with van der Waals surface area (Å²) in [6, 6.07) is 0. The summed E-state index contributed by atoms with van der Waals surface area (Å²) in [5.74, 6) is -0.643. The zero-order chi connectivity index (χ0) is 18.1. The SMILES string of the molecule is CC(=O)O[C@H]1/C=C(/C)CC[C@H]2O[C@@]2(C)CC[C@H](OC(C)=O)C1(C)C. The normalized spacial score (nSPS) is 37.9. The quantitative estimate of drug-likeness (QED) is 0.438. The maximum absolute atomic E-state index is 11.6. The maximum Gasteiger partial charge on any atom is 0.303 e. The predicted molar refractivity (Wildman–Crippen MR) is 90.4 cm³/mol. The van der Waals surface area contributed by atoms with Gasteiger partial charge in [-0.3, -0.25) is 9.59 Å². The van der Waals surface area contributed by atoms with Gasteiger partial charge in [-0.15, -0.1) is 0 Å². The molecule has 1 fully saturated rings. The van der Waals surface area contributed by atoms with Crippen LogP contribution in [0.2, 0.25) is 0 Å². The van der Waals surface area contributed by atoms with E-state index < -0.39 is 11.5 Å². The summed E-state index contributed by atoms with van der Waals surface area (Å²) in [5.41, 5.74) is 0.510. The summed E-state index contributed by atoms with van der Waals surface area (Å²) in [6.07, 6.45) is 4.87. The number of epoxide rings is 1. The molecule has 0 N–H and O–H groups in total. The molecule has 0 radical (unpaired) electrons. The zero-order valence-electron chi connectivity index (χ0n) is 15.7. The van der Waals surface area contributed by atoms with Crippen LogP contribution in [-0.4, -0.2) is 35.9 Å². The topological polar surface area (TPSA) is 65.1 Å². The molecule has 0 saturated carbocycles. The zero-order valence-corrected chi connectivity index (χ0v) is 15.7. The molecule has 24 heavy (non-hydrogen) atoms. The van der Waals surface area contributed by atoms with Crippen molar-refractivity contribution in [3.63, 3.8) is 0 Å². The van der Waals surface area contributed by atoms with Gasteiger partial charge in [-0.25, -0.2) is 0 Å². The van der Waals surface area contributed by atoms with E-state index in [-0.39, 0.29) is 29.7 Å². The molecule has 1 saturated heterocycles. The van der Waals surface area contributed by atoms with Gasteiger partial charge >= 0.3 is 11.9 Å². The lowest BCUT2D eigenvalue weighted by atomic mass is 9.77. The molecule has 4 atom stereocenters. The van der Waals surface area contributed by atoms with Crippen LogP contribution in [-0.2, 0) is 23.8 Å². The summed E-state index contributed by atoms with van der Waals surface area (Å²) in [4.78, 5) is 23.2. The van der Waals surface area contributed by atoms with Gasteiger partial charge < -0.3 is 14.2 Å². The third kappa shape index (κ3) is 4.38. The molecule has 1 aliphatic heterocycles. The predicted octanol–water partition coefficient (Wildman–Crippen LogP) is 3.55. The minimum Gasteiger partial charge on any atom is -0.462 e. The van der Waals surface area contributed by atoms with Crippen LogP contribution in [0.1, 0.15) is 67.2 Å². The highest BCUT2D eigenvalue weighted by atomic mass is 16.6. The van der Waals surface area contributed by atoms with E-state index in [2.05, 4.69) is 6.92 Å². The Morgan fingerprint density at radius 1 is 1.12 bits per heavy atom. The van der Waals surface area contributed by atoms with Crippen molar-refractivity contribution in [1.82, 2.24) is 0 Å². The van der Waals surface area contributed by atoms with E-state index in [0.717, 1.165) is 24.8 Å². The summed E-state index contributed by atoms with van der Waals surface area (Å²) in [5, 5.41) is 0. The van der Waals surface area contributed by atoms with Gasteiger partial charge in [-0.2, -0.15) is 0 Å². The number of hydrogen-bond donors (Lipinski definition) is 0. The molecule has 0 aromatic heterocycles. The van der Waals surface area contributed by atoms with E-state index in [1.54, 1.807) is 0 Å². The van der Waals surface area contributed by atoms with Crippen LogP contribution in [0.15, 0.2) is 11.6 Å². The minimum absolute atomic E-state index is 0.129. The number of ether oxygens (including phenoxy) is 3. The van der Waals surface area contributed by atoms with Crippen molar-refractivity contribution in [3.05, 3.63) is 11.6 Å². The average Bonchev–Trinajstić information content (AvgIpc) is 3.10. The van der Waals surface area contributed by atoms with Crippen LogP contribution in [0.4, 0.5) is 0 Å². The molecular formula is C19H30O5. The van der Waals surface area contributed by atoms with Crippen molar-refractivity contribution in [2.24, 2.45) is 5.41 Å². The smallest absolute Gasteiger partial charge is 0.303 e. The first kappa shape index (κ1) is 19.0. The molecule has 0 aromatic rings. The monoisotopic (exact) mass is 338 g/mol. The molecule has 1 heterocycles. The summed E-state index contributed by atoms with van der Waals surface area (Å²) < 4.78 is 17.1. The Morgan fingerprint density at radius 3 is 2.33 bits per heavy atom. The van der Waals surface area contributed by atoms with Crippen LogP contribution in [0.3, 0.4) is 0 Å². The number of hydrogen-bond acceptors (Lipinski definition) is 5. The van der Waals surface area contributed by atoms with Gasteiger partial charge in [0.1, 0.15) is 12.2 Å². The molecule has 136 valence electrons. The molecule has 0 amide bonds. The summed E-state index contributed by atoms with van der Waals surface area (Å²) >= 11 is 0. The van der Waals surface area contributed by atoms with E-state index in [0.29, 0.717) is 6.42 Å². The van der Waals surface area contributed by atoms with Gasteiger partial charge in [-0.05, 0) is 45.6 Å². The second-order valence-corrected chi connectivity index (χ2v) is 7.96. The van der Waals surface area contributed by atoms with Gasteiger partial charge in [0.15, 0.2) is 0 Å². The van der Waals surface area contributed by atoms with Crippen LogP contribution in [0, 0.1) is 5.41 Å². The maximum atomic E-state index is 11.6. The number of rotatable bonds is 2. The Morgan fingerprint density at radius 2 is 1.75 bits per heavy atom. The lowest BCUT2D eigenvalue weighted by Gasteiger charge is -2.38. The van der Waals surface area contributed by atoms with Crippen LogP contribution >= 0.6 is 0 Å². The Bertz CT molecular complexity index is 536. The molecule has 1 aliphatic carbocycles. The van der Waals surface area contributed by atoms with Gasteiger partial charge in [0.05, 0.1) is 11.7 Å². The number of fused-ring (bicyclic) bond motifs is 1. The van der Waals surface area contributed by atoms with E-state index >= 15 is 0 Å². The lowest BCUT2D eigenvalue weighted by molar-refractivity contribution is -0.165. The fourth-order valence-corrected chi connectivity index (χ4v) is 3.54. The Kier molecular flexibility index (Phi) is 5.43. The average molecular weight is 338 g/mol. The summed E-state index contributed by atoms with van der Waals surface area (Å²) in [7, 11) is 0. The lowest BCUT2D eigenvalue weighted by Crippen LogP contribution is -2.44. The third-order valence-electron chi connectivity index (χ3n) is 5.34. The van der Waals surface area contributed by atoms with Crippen molar-refractivity contribution in [2.75, 3.05) is 0 Å². The van der Waals surface area contributed by atoms with Crippen LogP contribution in [0.5, 0.6) is 0 Å². The molecule has 0 aromatic carbocycles. The van der Waals surface area contributed by atoms with Crippen molar-refractivity contribution in [2.45, 2.75) is 91.1 Å².